The minimum Gasteiger partial charge on any atom is -0.491 e. The molecule has 1 aromatic carbocycles. The molecule has 0 amide bonds. The van der Waals surface area contributed by atoms with Gasteiger partial charge in [-0.15, -0.1) is 0 Å². The van der Waals surface area contributed by atoms with E-state index in [1.807, 2.05) is 6.07 Å². The highest BCUT2D eigenvalue weighted by Gasteiger charge is 2.13. The third-order valence-corrected chi connectivity index (χ3v) is 2.55. The van der Waals surface area contributed by atoms with Gasteiger partial charge in [-0.25, -0.2) is 9.37 Å². The molecule has 5 heteroatoms. The molecule has 18 heavy (non-hydrogen) atoms. The van der Waals surface area contributed by atoms with Crippen LogP contribution in [-0.4, -0.2) is 16.2 Å². The summed E-state index contributed by atoms with van der Waals surface area (Å²) >= 11 is 0. The van der Waals surface area contributed by atoms with Gasteiger partial charge >= 0.3 is 0 Å². The van der Waals surface area contributed by atoms with Gasteiger partial charge in [0.2, 0.25) is 0 Å². The molecule has 1 heterocycles. The molecule has 0 bridgehead atoms. The van der Waals surface area contributed by atoms with Crippen LogP contribution < -0.4 is 4.74 Å². The van der Waals surface area contributed by atoms with Gasteiger partial charge in [0.05, 0.1) is 12.9 Å². The number of nitriles is 1. The predicted molar refractivity (Wildman–Crippen MR) is 64.5 cm³/mol. The number of rotatable bonds is 3. The van der Waals surface area contributed by atoms with E-state index >= 15 is 0 Å². The van der Waals surface area contributed by atoms with Gasteiger partial charge in [0.1, 0.15) is 17.5 Å². The maximum absolute atomic E-state index is 13.7. The van der Waals surface area contributed by atoms with E-state index in [0.29, 0.717) is 23.6 Å². The Hall–Kier alpha value is -2.35. The van der Waals surface area contributed by atoms with E-state index in [1.165, 1.54) is 12.4 Å². The van der Waals surface area contributed by atoms with Gasteiger partial charge < -0.3 is 9.30 Å². The fraction of sp³-hybridized carbons (Fsp3) is 0.231. The lowest BCUT2D eigenvalue weighted by Crippen LogP contribution is -1.95. The summed E-state index contributed by atoms with van der Waals surface area (Å²) in [7, 11) is 1.72. The van der Waals surface area contributed by atoms with Crippen LogP contribution in [0.3, 0.4) is 0 Å². The third kappa shape index (κ3) is 2.05. The Morgan fingerprint density at radius 3 is 2.89 bits per heavy atom. The fourth-order valence-electron chi connectivity index (χ4n) is 1.69. The molecule has 0 saturated carbocycles. The fourth-order valence-corrected chi connectivity index (χ4v) is 1.69. The molecule has 4 nitrogen and oxygen atoms in total. The minimum absolute atomic E-state index is 0.204. The summed E-state index contributed by atoms with van der Waals surface area (Å²) in [6.45, 7) is 2.20. The highest BCUT2D eigenvalue weighted by atomic mass is 19.1. The number of halogens is 1. The molecule has 1 aromatic heterocycles. The van der Waals surface area contributed by atoms with Crippen LogP contribution in [-0.2, 0) is 7.05 Å². The maximum atomic E-state index is 13.7. The van der Waals surface area contributed by atoms with Gasteiger partial charge in [-0.2, -0.15) is 5.26 Å². The first-order chi connectivity index (χ1) is 8.67. The van der Waals surface area contributed by atoms with E-state index in [9.17, 15) is 4.39 Å². The van der Waals surface area contributed by atoms with Crippen LogP contribution in [0.4, 0.5) is 4.39 Å². The molecule has 0 aliphatic carbocycles. The van der Waals surface area contributed by atoms with Gasteiger partial charge in [-0.3, -0.25) is 0 Å². The van der Waals surface area contributed by atoms with Crippen LogP contribution in [0, 0.1) is 17.1 Å². The zero-order valence-corrected chi connectivity index (χ0v) is 10.1. The Labute approximate surface area is 104 Å². The summed E-state index contributed by atoms with van der Waals surface area (Å²) < 4.78 is 20.4. The summed E-state index contributed by atoms with van der Waals surface area (Å²) in [6.07, 6.45) is 1.53. The van der Waals surface area contributed by atoms with Crippen molar-refractivity contribution < 1.29 is 9.13 Å². The van der Waals surface area contributed by atoms with Crippen molar-refractivity contribution in [3.8, 4) is 23.1 Å². The van der Waals surface area contributed by atoms with Crippen LogP contribution in [0.15, 0.2) is 24.5 Å². The summed E-state index contributed by atoms with van der Waals surface area (Å²) in [6, 6.07) is 6.61. The smallest absolute Gasteiger partial charge is 0.165 e. The normalized spacial score (nSPS) is 10.1. The largest absolute Gasteiger partial charge is 0.491 e. The second-order valence-electron chi connectivity index (χ2n) is 3.74. The molecule has 2 rings (SSSR count). The molecule has 0 fully saturated rings. The van der Waals surface area contributed by atoms with Crippen molar-refractivity contribution in [3.05, 3.63) is 36.0 Å². The second kappa shape index (κ2) is 4.88. The van der Waals surface area contributed by atoms with Crippen LogP contribution in [0.5, 0.6) is 5.75 Å². The number of ether oxygens (including phenoxy) is 1. The van der Waals surface area contributed by atoms with E-state index in [2.05, 4.69) is 4.98 Å². The minimum atomic E-state index is -0.455. The molecule has 0 aliphatic rings. The lowest BCUT2D eigenvalue weighted by atomic mass is 10.1. The average molecular weight is 245 g/mol. The number of aryl methyl sites for hydroxylation is 1. The molecule has 0 atom stereocenters. The van der Waals surface area contributed by atoms with E-state index in [1.54, 1.807) is 30.7 Å². The second-order valence-corrected chi connectivity index (χ2v) is 3.74. The number of aromatic nitrogens is 2. The molecule has 0 unspecified atom stereocenters. The Morgan fingerprint density at radius 1 is 1.50 bits per heavy atom. The van der Waals surface area contributed by atoms with Crippen LogP contribution in [0.25, 0.3) is 11.3 Å². The SMILES string of the molecule is CCOc1ccc(-c2ncn(C)c2C#N)cc1F. The highest BCUT2D eigenvalue weighted by Crippen LogP contribution is 2.26. The first kappa shape index (κ1) is 12.1. The first-order valence-electron chi connectivity index (χ1n) is 5.51. The molecule has 92 valence electrons. The number of benzene rings is 1. The van der Waals surface area contributed by atoms with E-state index in [0.717, 1.165) is 0 Å². The quantitative estimate of drug-likeness (QED) is 0.834. The average Bonchev–Trinajstić information content (AvgIpc) is 2.73. The molecule has 0 spiro atoms. The molecule has 0 N–H and O–H groups in total. The number of nitrogens with zero attached hydrogens (tertiary/aromatic N) is 3. The van der Waals surface area contributed by atoms with Crippen LogP contribution in [0.2, 0.25) is 0 Å². The summed E-state index contributed by atoms with van der Waals surface area (Å²) in [4.78, 5) is 4.11. The van der Waals surface area contributed by atoms with E-state index in [4.69, 9.17) is 10.00 Å². The number of hydrogen-bond donors (Lipinski definition) is 0. The zero-order valence-electron chi connectivity index (χ0n) is 10.1. The van der Waals surface area contributed by atoms with Gasteiger partial charge in [-0.1, -0.05) is 0 Å². The molecular formula is C13H12FN3O. The molecule has 0 aliphatic heterocycles. The third-order valence-electron chi connectivity index (χ3n) is 2.55. The Morgan fingerprint density at radius 2 is 2.28 bits per heavy atom. The predicted octanol–water partition coefficient (Wildman–Crippen LogP) is 2.50. The first-order valence-corrected chi connectivity index (χ1v) is 5.51. The summed E-state index contributed by atoms with van der Waals surface area (Å²) in [5, 5.41) is 9.03. The van der Waals surface area contributed by atoms with E-state index < -0.39 is 5.82 Å². The van der Waals surface area contributed by atoms with Crippen molar-refractivity contribution >= 4 is 0 Å². The zero-order chi connectivity index (χ0) is 13.1. The standard InChI is InChI=1S/C13H12FN3O/c1-3-18-12-5-4-9(6-10(12)14)13-11(7-15)17(2)8-16-13/h4-6,8H,3H2,1-2H3. The van der Waals surface area contributed by atoms with Crippen LogP contribution in [0.1, 0.15) is 12.6 Å². The highest BCUT2D eigenvalue weighted by molar-refractivity contribution is 5.65. The molecule has 0 saturated heterocycles. The van der Waals surface area contributed by atoms with Gasteiger partial charge in [0.25, 0.3) is 0 Å². The Bertz CT molecular complexity index is 613. The van der Waals surface area contributed by atoms with Gasteiger partial charge in [0, 0.05) is 12.6 Å². The monoisotopic (exact) mass is 245 g/mol. The molecule has 2 aromatic rings. The molecular weight excluding hydrogens is 233 g/mol. The molecule has 0 radical (unpaired) electrons. The van der Waals surface area contributed by atoms with Gasteiger partial charge in [0.15, 0.2) is 11.6 Å². The lowest BCUT2D eigenvalue weighted by molar-refractivity contribution is 0.321. The van der Waals surface area contributed by atoms with Crippen LogP contribution >= 0.6 is 0 Å². The summed E-state index contributed by atoms with van der Waals surface area (Å²) in [5.74, 6) is -0.250. The van der Waals surface area contributed by atoms with Crippen molar-refractivity contribution in [2.45, 2.75) is 6.92 Å². The maximum Gasteiger partial charge on any atom is 0.165 e. The van der Waals surface area contributed by atoms with Gasteiger partial charge in [-0.05, 0) is 25.1 Å². The van der Waals surface area contributed by atoms with E-state index in [-0.39, 0.29) is 5.75 Å². The topological polar surface area (TPSA) is 50.8 Å². The van der Waals surface area contributed by atoms with Crippen molar-refractivity contribution in [1.82, 2.24) is 9.55 Å². The van der Waals surface area contributed by atoms with Crippen molar-refractivity contribution in [2.24, 2.45) is 7.05 Å². The Kier molecular flexibility index (Phi) is 3.28. The lowest BCUT2D eigenvalue weighted by Gasteiger charge is -2.05. The number of imidazole rings is 1. The number of hydrogen-bond acceptors (Lipinski definition) is 3. The van der Waals surface area contributed by atoms with Crippen molar-refractivity contribution in [3.63, 3.8) is 0 Å². The van der Waals surface area contributed by atoms with Crippen molar-refractivity contribution in [2.75, 3.05) is 6.61 Å². The Balaban J connectivity index is 2.46. The van der Waals surface area contributed by atoms with Crippen molar-refractivity contribution in [1.29, 1.82) is 5.26 Å². The summed E-state index contributed by atoms with van der Waals surface area (Å²) in [5.41, 5.74) is 1.44.